The maximum atomic E-state index is 13.7. The SMILES string of the molecule is C[C@H]1[C@@H]2CCc3c(nn(S(=O)(=O)N(C)C)c3-c3cnn(CC(=O)O)c3)[C@@]2(c2ccccc2)CCC12OCCO2. The van der Waals surface area contributed by atoms with Crippen molar-refractivity contribution in [3.05, 3.63) is 59.5 Å². The number of hydrogen-bond acceptors (Lipinski definition) is 7. The number of carbonyl (C=O) groups is 1. The molecule has 208 valence electrons. The molecule has 0 amide bonds. The Morgan fingerprint density at radius 3 is 2.56 bits per heavy atom. The summed E-state index contributed by atoms with van der Waals surface area (Å²) in [5, 5.41) is 18.4. The van der Waals surface area contributed by atoms with Gasteiger partial charge in [0.1, 0.15) is 6.54 Å². The van der Waals surface area contributed by atoms with Gasteiger partial charge in [0.25, 0.3) is 0 Å². The van der Waals surface area contributed by atoms with Gasteiger partial charge in [-0.15, -0.1) is 4.09 Å². The molecule has 1 spiro atoms. The van der Waals surface area contributed by atoms with Crippen molar-refractivity contribution in [3.8, 4) is 11.3 Å². The molecule has 2 fully saturated rings. The first-order chi connectivity index (χ1) is 18.6. The number of rotatable bonds is 6. The number of benzene rings is 1. The second-order valence-electron chi connectivity index (χ2n) is 10.9. The third-order valence-electron chi connectivity index (χ3n) is 8.83. The van der Waals surface area contributed by atoms with Gasteiger partial charge in [-0.25, -0.2) is 0 Å². The van der Waals surface area contributed by atoms with Crippen molar-refractivity contribution in [3.63, 3.8) is 0 Å². The van der Waals surface area contributed by atoms with Gasteiger partial charge in [0.2, 0.25) is 0 Å². The molecule has 11 nitrogen and oxygen atoms in total. The smallest absolute Gasteiger partial charge is 0.325 e. The Hall–Kier alpha value is -3.06. The van der Waals surface area contributed by atoms with E-state index in [2.05, 4.69) is 24.2 Å². The van der Waals surface area contributed by atoms with E-state index in [1.807, 2.05) is 18.2 Å². The molecular weight excluding hydrogens is 522 g/mol. The molecular formula is C27H33N5O6S. The molecule has 12 heteroatoms. The number of aromatic nitrogens is 4. The number of ether oxygens (including phenoxy) is 2. The van der Waals surface area contributed by atoms with E-state index < -0.39 is 27.4 Å². The summed E-state index contributed by atoms with van der Waals surface area (Å²) in [6, 6.07) is 10.2. The zero-order valence-electron chi connectivity index (χ0n) is 22.3. The highest BCUT2D eigenvalue weighted by Crippen LogP contribution is 2.60. The lowest BCUT2D eigenvalue weighted by Gasteiger charge is -2.55. The van der Waals surface area contributed by atoms with E-state index in [1.165, 1.54) is 25.0 Å². The van der Waals surface area contributed by atoms with Crippen LogP contribution in [-0.4, -0.2) is 75.9 Å². The van der Waals surface area contributed by atoms with Crippen LogP contribution in [0.5, 0.6) is 0 Å². The molecule has 1 aliphatic heterocycles. The average Bonchev–Trinajstić information content (AvgIpc) is 3.65. The molecule has 2 aromatic heterocycles. The van der Waals surface area contributed by atoms with Gasteiger partial charge in [-0.05, 0) is 30.7 Å². The largest absolute Gasteiger partial charge is 0.480 e. The van der Waals surface area contributed by atoms with Crippen molar-refractivity contribution in [2.45, 2.75) is 50.4 Å². The second-order valence-corrected chi connectivity index (χ2v) is 12.9. The molecule has 3 heterocycles. The van der Waals surface area contributed by atoms with Gasteiger partial charge in [-0.3, -0.25) is 9.48 Å². The lowest BCUT2D eigenvalue weighted by atomic mass is 9.52. The Balaban J connectivity index is 1.60. The van der Waals surface area contributed by atoms with Crippen LogP contribution in [0.4, 0.5) is 0 Å². The van der Waals surface area contributed by atoms with Crippen LogP contribution in [0.25, 0.3) is 11.3 Å². The first kappa shape index (κ1) is 26.2. The molecule has 0 bridgehead atoms. The number of carboxylic acids is 1. The second kappa shape index (κ2) is 9.26. The molecule has 3 aliphatic rings. The van der Waals surface area contributed by atoms with Crippen LogP contribution in [0.1, 0.15) is 43.0 Å². The van der Waals surface area contributed by atoms with Crippen LogP contribution >= 0.6 is 0 Å². The number of hydrogen-bond donors (Lipinski definition) is 1. The molecule has 1 saturated carbocycles. The van der Waals surface area contributed by atoms with Gasteiger partial charge in [0, 0.05) is 49.2 Å². The van der Waals surface area contributed by atoms with Crippen LogP contribution in [0.15, 0.2) is 42.7 Å². The summed E-state index contributed by atoms with van der Waals surface area (Å²) in [5.41, 5.74) is 3.09. The zero-order chi connectivity index (χ0) is 27.6. The maximum absolute atomic E-state index is 13.7. The lowest BCUT2D eigenvalue weighted by molar-refractivity contribution is -0.232. The molecule has 3 atom stereocenters. The van der Waals surface area contributed by atoms with Crippen LogP contribution in [0.2, 0.25) is 0 Å². The molecule has 1 aromatic carbocycles. The fourth-order valence-corrected chi connectivity index (χ4v) is 8.00. The first-order valence-electron chi connectivity index (χ1n) is 13.2. The van der Waals surface area contributed by atoms with Gasteiger partial charge in [0.05, 0.1) is 30.8 Å². The number of carboxylic acid groups (broad SMARTS) is 1. The summed E-state index contributed by atoms with van der Waals surface area (Å²) in [5.74, 6) is -1.51. The quantitative estimate of drug-likeness (QED) is 0.491. The van der Waals surface area contributed by atoms with Crippen LogP contribution in [-0.2, 0) is 42.9 Å². The Morgan fingerprint density at radius 2 is 1.90 bits per heavy atom. The number of aliphatic carboxylic acids is 1. The van der Waals surface area contributed by atoms with Crippen molar-refractivity contribution in [1.29, 1.82) is 0 Å². The fraction of sp³-hybridized carbons (Fsp3) is 0.519. The van der Waals surface area contributed by atoms with E-state index in [4.69, 9.17) is 14.6 Å². The molecule has 0 radical (unpaired) electrons. The minimum atomic E-state index is -4.01. The number of fused-ring (bicyclic) bond motifs is 3. The topological polar surface area (TPSA) is 129 Å². The monoisotopic (exact) mass is 555 g/mol. The van der Waals surface area contributed by atoms with Gasteiger partial charge in [0.15, 0.2) is 5.79 Å². The van der Waals surface area contributed by atoms with Crippen LogP contribution in [0.3, 0.4) is 0 Å². The maximum Gasteiger partial charge on any atom is 0.325 e. The number of nitrogens with zero attached hydrogens (tertiary/aromatic N) is 5. The molecule has 0 unspecified atom stereocenters. The zero-order valence-corrected chi connectivity index (χ0v) is 23.1. The van der Waals surface area contributed by atoms with E-state index in [0.29, 0.717) is 43.7 Å². The molecule has 6 rings (SSSR count). The molecule has 3 aromatic rings. The highest BCUT2D eigenvalue weighted by molar-refractivity contribution is 7.87. The predicted molar refractivity (Wildman–Crippen MR) is 141 cm³/mol. The van der Waals surface area contributed by atoms with Crippen LogP contribution < -0.4 is 0 Å². The van der Waals surface area contributed by atoms with Crippen molar-refractivity contribution in [2.24, 2.45) is 11.8 Å². The van der Waals surface area contributed by atoms with Crippen molar-refractivity contribution in [1.82, 2.24) is 23.3 Å². The lowest BCUT2D eigenvalue weighted by Crippen LogP contribution is -2.56. The van der Waals surface area contributed by atoms with Gasteiger partial charge >= 0.3 is 16.2 Å². The Kier molecular flexibility index (Phi) is 6.21. The minimum Gasteiger partial charge on any atom is -0.480 e. The van der Waals surface area contributed by atoms with Gasteiger partial charge in [-0.2, -0.15) is 22.9 Å². The molecule has 2 aliphatic carbocycles. The molecule has 1 N–H and O–H groups in total. The van der Waals surface area contributed by atoms with Gasteiger partial charge in [-0.1, -0.05) is 37.3 Å². The first-order valence-corrected chi connectivity index (χ1v) is 14.6. The molecule has 1 saturated heterocycles. The molecule has 39 heavy (non-hydrogen) atoms. The van der Waals surface area contributed by atoms with E-state index in [1.54, 1.807) is 6.20 Å². The average molecular weight is 556 g/mol. The fourth-order valence-electron chi connectivity index (χ4n) is 7.06. The summed E-state index contributed by atoms with van der Waals surface area (Å²) in [6.45, 7) is 3.00. The summed E-state index contributed by atoms with van der Waals surface area (Å²) in [7, 11) is -1.06. The highest BCUT2D eigenvalue weighted by Gasteiger charge is 2.61. The summed E-state index contributed by atoms with van der Waals surface area (Å²) >= 11 is 0. The summed E-state index contributed by atoms with van der Waals surface area (Å²) < 4.78 is 43.3. The predicted octanol–water partition coefficient (Wildman–Crippen LogP) is 2.51. The third kappa shape index (κ3) is 3.87. The van der Waals surface area contributed by atoms with Crippen molar-refractivity contribution >= 4 is 16.2 Å². The Morgan fingerprint density at radius 1 is 1.18 bits per heavy atom. The third-order valence-corrected chi connectivity index (χ3v) is 10.5. The Bertz CT molecular complexity index is 1510. The Labute approximate surface area is 227 Å². The van der Waals surface area contributed by atoms with Crippen LogP contribution in [0, 0.1) is 11.8 Å². The normalized spacial score (nSPS) is 26.1. The summed E-state index contributed by atoms with van der Waals surface area (Å²) in [6.07, 6.45) is 5.85. The van der Waals surface area contributed by atoms with Crippen molar-refractivity contribution < 1.29 is 27.8 Å². The van der Waals surface area contributed by atoms with E-state index in [-0.39, 0.29) is 18.4 Å². The van der Waals surface area contributed by atoms with Crippen molar-refractivity contribution in [2.75, 3.05) is 27.3 Å². The highest BCUT2D eigenvalue weighted by atomic mass is 32.2. The standard InChI is InChI=1S/C27H33N5O6S/c1-18-22-10-9-21-24(19-15-28-31(16-19)17-23(33)34)32(39(35,36)30(2)3)29-25(21)26(22,20-7-5-4-6-8-20)11-12-27(18)37-13-14-38-27/h4-8,15-16,18,22H,9-14,17H2,1-3H3,(H,33,34)/t18-,22-,26+/m0/s1. The van der Waals surface area contributed by atoms with Gasteiger partial charge < -0.3 is 14.6 Å². The van der Waals surface area contributed by atoms with E-state index in [0.717, 1.165) is 31.6 Å². The summed E-state index contributed by atoms with van der Waals surface area (Å²) in [4.78, 5) is 11.3. The van der Waals surface area contributed by atoms with E-state index >= 15 is 0 Å². The van der Waals surface area contributed by atoms with E-state index in [9.17, 15) is 18.3 Å². The minimum absolute atomic E-state index is 0.0551.